The third-order valence-electron chi connectivity index (χ3n) is 3.36. The first-order valence-corrected chi connectivity index (χ1v) is 8.39. The zero-order valence-corrected chi connectivity index (χ0v) is 11.8. The number of hydrogen-bond donors (Lipinski definition) is 0. The Bertz CT molecular complexity index is 386. The van der Waals surface area contributed by atoms with E-state index in [0.29, 0.717) is 0 Å². The zero-order chi connectivity index (χ0) is 13.7. The van der Waals surface area contributed by atoms with Gasteiger partial charge in [0, 0.05) is 0 Å². The van der Waals surface area contributed by atoms with E-state index in [4.69, 9.17) is 20.2 Å². The van der Waals surface area contributed by atoms with Crippen molar-refractivity contribution in [2.24, 2.45) is 0 Å². The second-order valence-corrected chi connectivity index (χ2v) is 6.91. The monoisotopic (exact) mass is 286 g/mol. The van der Waals surface area contributed by atoms with Crippen molar-refractivity contribution < 1.29 is 23.1 Å². The van der Waals surface area contributed by atoms with Crippen LogP contribution in [0, 0.1) is 12.3 Å². The van der Waals surface area contributed by atoms with Crippen molar-refractivity contribution >= 4 is 13.6 Å². The standard InChI is InChI=1S/C13H19O5P/c1-2-9-16-13(14)10-19(15,17-11-5-3-6-11)18-12-7-4-8-12/h1,11-12H,3-10H2. The molecule has 5 nitrogen and oxygen atoms in total. The van der Waals surface area contributed by atoms with Gasteiger partial charge in [0.25, 0.3) is 0 Å². The van der Waals surface area contributed by atoms with Gasteiger partial charge in [0.05, 0.1) is 12.2 Å². The van der Waals surface area contributed by atoms with E-state index in [1.54, 1.807) is 0 Å². The molecular formula is C13H19O5P. The predicted octanol–water partition coefficient (Wildman–Crippen LogP) is 2.49. The SMILES string of the molecule is C#CCOC(=O)CP(=O)(OC1CCC1)OC1CCC1. The van der Waals surface area contributed by atoms with Crippen molar-refractivity contribution in [2.75, 3.05) is 12.8 Å². The van der Waals surface area contributed by atoms with E-state index in [1.807, 2.05) is 0 Å². The molecule has 0 unspecified atom stereocenters. The lowest BCUT2D eigenvalue weighted by atomic mass is 9.97. The Hall–Kier alpha value is -0.820. The highest BCUT2D eigenvalue weighted by molar-refractivity contribution is 7.54. The van der Waals surface area contributed by atoms with Crippen molar-refractivity contribution in [3.63, 3.8) is 0 Å². The van der Waals surface area contributed by atoms with Crippen molar-refractivity contribution in [2.45, 2.75) is 50.7 Å². The average Bonchev–Trinajstić information content (AvgIpc) is 2.27. The molecule has 0 aromatic heterocycles. The van der Waals surface area contributed by atoms with Crippen LogP contribution in [-0.4, -0.2) is 30.9 Å². The minimum Gasteiger partial charge on any atom is -0.452 e. The van der Waals surface area contributed by atoms with Gasteiger partial charge in [0.2, 0.25) is 0 Å². The summed E-state index contributed by atoms with van der Waals surface area (Å²) < 4.78 is 28.4. The molecule has 2 fully saturated rings. The van der Waals surface area contributed by atoms with Crippen molar-refractivity contribution in [1.82, 2.24) is 0 Å². The van der Waals surface area contributed by atoms with E-state index in [-0.39, 0.29) is 25.0 Å². The van der Waals surface area contributed by atoms with Crippen LogP contribution in [0.5, 0.6) is 0 Å². The highest BCUT2D eigenvalue weighted by atomic mass is 31.2. The van der Waals surface area contributed by atoms with Crippen LogP contribution in [0.15, 0.2) is 0 Å². The maximum Gasteiger partial charge on any atom is 0.342 e. The molecule has 2 saturated carbocycles. The second-order valence-electron chi connectivity index (χ2n) is 4.95. The normalized spacial score (nSPS) is 20.2. The van der Waals surface area contributed by atoms with Crippen LogP contribution in [0.1, 0.15) is 38.5 Å². The first kappa shape index (κ1) is 14.6. The molecule has 0 aromatic rings. The zero-order valence-electron chi connectivity index (χ0n) is 10.9. The number of hydrogen-bond acceptors (Lipinski definition) is 5. The summed E-state index contributed by atoms with van der Waals surface area (Å²) in [4.78, 5) is 11.5. The first-order chi connectivity index (χ1) is 9.11. The first-order valence-electron chi connectivity index (χ1n) is 6.66. The Kier molecular flexibility index (Phi) is 5.04. The topological polar surface area (TPSA) is 61.8 Å². The number of ether oxygens (including phenoxy) is 1. The molecule has 0 bridgehead atoms. The van der Waals surface area contributed by atoms with Crippen LogP contribution in [0.4, 0.5) is 0 Å². The van der Waals surface area contributed by atoms with Crippen molar-refractivity contribution in [3.05, 3.63) is 0 Å². The molecule has 6 heteroatoms. The van der Waals surface area contributed by atoms with Crippen molar-refractivity contribution in [3.8, 4) is 12.3 Å². The quantitative estimate of drug-likeness (QED) is 0.409. The molecule has 106 valence electrons. The number of esters is 1. The molecule has 2 aliphatic rings. The predicted molar refractivity (Wildman–Crippen MR) is 69.7 cm³/mol. The number of carbonyl (C=O) groups is 1. The van der Waals surface area contributed by atoms with Gasteiger partial charge in [-0.2, -0.15) is 0 Å². The largest absolute Gasteiger partial charge is 0.452 e. The minimum absolute atomic E-state index is 0.0497. The van der Waals surface area contributed by atoms with Crippen LogP contribution in [-0.2, 0) is 23.1 Å². The second kappa shape index (κ2) is 6.56. The van der Waals surface area contributed by atoms with Gasteiger partial charge in [0.1, 0.15) is 6.16 Å². The molecule has 19 heavy (non-hydrogen) atoms. The lowest BCUT2D eigenvalue weighted by Crippen LogP contribution is -2.27. The molecule has 0 aliphatic heterocycles. The fourth-order valence-electron chi connectivity index (χ4n) is 1.83. The van der Waals surface area contributed by atoms with Crippen LogP contribution in [0.3, 0.4) is 0 Å². The van der Waals surface area contributed by atoms with E-state index in [0.717, 1.165) is 38.5 Å². The Balaban J connectivity index is 1.89. The third-order valence-corrected chi connectivity index (χ3v) is 5.25. The maximum atomic E-state index is 12.6. The molecule has 0 saturated heterocycles. The molecule has 0 spiro atoms. The van der Waals surface area contributed by atoms with Crippen LogP contribution >= 0.6 is 7.60 Å². The molecule has 2 rings (SSSR count). The van der Waals surface area contributed by atoms with Gasteiger partial charge in [-0.3, -0.25) is 9.36 Å². The van der Waals surface area contributed by atoms with Crippen LogP contribution in [0.25, 0.3) is 0 Å². The summed E-state index contributed by atoms with van der Waals surface area (Å²) in [6, 6.07) is 0. The summed E-state index contributed by atoms with van der Waals surface area (Å²) in [5.41, 5.74) is 0. The van der Waals surface area contributed by atoms with Gasteiger partial charge in [-0.25, -0.2) is 0 Å². The molecule has 0 aromatic carbocycles. The summed E-state index contributed by atoms with van der Waals surface area (Å²) in [5.74, 6) is 1.57. The Morgan fingerprint density at radius 1 is 1.16 bits per heavy atom. The van der Waals surface area contributed by atoms with E-state index in [1.165, 1.54) is 0 Å². The average molecular weight is 286 g/mol. The van der Waals surface area contributed by atoms with Crippen molar-refractivity contribution in [1.29, 1.82) is 0 Å². The number of rotatable bonds is 7. The van der Waals surface area contributed by atoms with Gasteiger partial charge in [-0.1, -0.05) is 5.92 Å². The number of carbonyl (C=O) groups excluding carboxylic acids is 1. The molecule has 2 aliphatic carbocycles. The summed E-state index contributed by atoms with van der Waals surface area (Å²) >= 11 is 0. The number of terminal acetylenes is 1. The molecule has 0 amide bonds. The van der Waals surface area contributed by atoms with Gasteiger partial charge >= 0.3 is 13.6 Å². The van der Waals surface area contributed by atoms with Gasteiger partial charge in [-0.05, 0) is 38.5 Å². The lowest BCUT2D eigenvalue weighted by Gasteiger charge is -2.34. The fraction of sp³-hybridized carbons (Fsp3) is 0.769. The van der Waals surface area contributed by atoms with E-state index in [2.05, 4.69) is 5.92 Å². The van der Waals surface area contributed by atoms with Gasteiger partial charge < -0.3 is 13.8 Å². The van der Waals surface area contributed by atoms with E-state index >= 15 is 0 Å². The van der Waals surface area contributed by atoms with Crippen LogP contribution in [0.2, 0.25) is 0 Å². The Morgan fingerprint density at radius 2 is 1.68 bits per heavy atom. The fourth-order valence-corrected chi connectivity index (χ4v) is 3.77. The summed E-state index contributed by atoms with van der Waals surface area (Å²) in [6.07, 6.45) is 10.2. The summed E-state index contributed by atoms with van der Waals surface area (Å²) in [7, 11) is -3.40. The molecule has 0 atom stereocenters. The molecule has 0 heterocycles. The third kappa shape index (κ3) is 4.35. The lowest BCUT2D eigenvalue weighted by molar-refractivity contribution is -0.139. The smallest absolute Gasteiger partial charge is 0.342 e. The maximum absolute atomic E-state index is 12.6. The van der Waals surface area contributed by atoms with Crippen LogP contribution < -0.4 is 0 Å². The summed E-state index contributed by atoms with van der Waals surface area (Å²) in [5, 5.41) is 0. The molecule has 0 radical (unpaired) electrons. The minimum atomic E-state index is -3.40. The van der Waals surface area contributed by atoms with E-state index in [9.17, 15) is 9.36 Å². The highest BCUT2D eigenvalue weighted by Gasteiger charge is 2.38. The summed E-state index contributed by atoms with van der Waals surface area (Å²) in [6.45, 7) is -0.119. The highest BCUT2D eigenvalue weighted by Crippen LogP contribution is 2.54. The van der Waals surface area contributed by atoms with E-state index < -0.39 is 13.6 Å². The van der Waals surface area contributed by atoms with Gasteiger partial charge in [0.15, 0.2) is 6.61 Å². The Labute approximate surface area is 113 Å². The van der Waals surface area contributed by atoms with Gasteiger partial charge in [-0.15, -0.1) is 6.42 Å². The molecule has 0 N–H and O–H groups in total. The molecular weight excluding hydrogens is 267 g/mol. The Morgan fingerprint density at radius 3 is 2.05 bits per heavy atom.